The van der Waals surface area contributed by atoms with E-state index >= 15 is 0 Å². The molecule has 3 aromatic heterocycles. The summed E-state index contributed by atoms with van der Waals surface area (Å²) in [5, 5.41) is 17.2. The molecule has 0 radical (unpaired) electrons. The van der Waals surface area contributed by atoms with E-state index in [1.54, 1.807) is 0 Å². The number of aromatic nitrogens is 5. The van der Waals surface area contributed by atoms with Crippen LogP contribution in [0.5, 0.6) is 0 Å². The lowest BCUT2D eigenvalue weighted by atomic mass is 10.2. The Morgan fingerprint density at radius 3 is 2.71 bits per heavy atom. The van der Waals surface area contributed by atoms with Gasteiger partial charge in [-0.05, 0) is 25.0 Å². The Morgan fingerprint density at radius 2 is 2.06 bits per heavy atom. The van der Waals surface area contributed by atoms with E-state index in [2.05, 4.69) is 24.9 Å². The largest absolute Gasteiger partial charge is 0.291 e. The van der Waals surface area contributed by atoms with Gasteiger partial charge in [0.25, 0.3) is 6.43 Å². The second kappa shape index (κ2) is 6.86. The number of rotatable bonds is 5. The number of nitrogens with one attached hydrogen (secondary N) is 1. The standard InChI is InChI=1S/C17H10ClF2N7O2S2/c18-12-11-9-2-1-8(31(28,29)26-17(6-21)3-4-17)5-10(9)27(14(11)23-7-22-12)16-25-24-15(30-16)13(19)20/h1-2,5,7,13,26H,3-4H2. The number of sulfonamides is 1. The van der Waals surface area contributed by atoms with E-state index in [4.69, 9.17) is 11.6 Å². The van der Waals surface area contributed by atoms with Gasteiger partial charge in [-0.25, -0.2) is 27.2 Å². The topological polar surface area (TPSA) is 126 Å². The first kappa shape index (κ1) is 20.1. The molecular formula is C17H10ClF2N7O2S2. The normalized spacial score (nSPS) is 15.6. The molecule has 0 spiro atoms. The van der Waals surface area contributed by atoms with E-state index in [-0.39, 0.29) is 20.8 Å². The van der Waals surface area contributed by atoms with Gasteiger partial charge in [-0.15, -0.1) is 10.2 Å². The first-order chi connectivity index (χ1) is 14.7. The average Bonchev–Trinajstić information content (AvgIpc) is 3.18. The van der Waals surface area contributed by atoms with Crippen LogP contribution in [0.3, 0.4) is 0 Å². The highest BCUT2D eigenvalue weighted by Crippen LogP contribution is 2.38. The van der Waals surface area contributed by atoms with Crippen LogP contribution in [-0.4, -0.2) is 38.7 Å². The Balaban J connectivity index is 1.76. The summed E-state index contributed by atoms with van der Waals surface area (Å²) in [5.41, 5.74) is -0.509. The minimum absolute atomic E-state index is 0.0725. The van der Waals surface area contributed by atoms with Crippen molar-refractivity contribution < 1.29 is 17.2 Å². The first-order valence-corrected chi connectivity index (χ1v) is 11.4. The molecule has 1 aromatic carbocycles. The number of hydrogen-bond acceptors (Lipinski definition) is 8. The zero-order valence-corrected chi connectivity index (χ0v) is 17.6. The van der Waals surface area contributed by atoms with Crippen molar-refractivity contribution in [3.05, 3.63) is 34.7 Å². The smallest absolute Gasteiger partial charge is 0.268 e. The fourth-order valence-corrected chi connectivity index (χ4v) is 5.56. The summed E-state index contributed by atoms with van der Waals surface area (Å²) in [6.07, 6.45) is -0.744. The highest BCUT2D eigenvalue weighted by Gasteiger charge is 2.46. The molecule has 1 N–H and O–H groups in total. The molecule has 9 nitrogen and oxygen atoms in total. The van der Waals surface area contributed by atoms with Crippen LogP contribution >= 0.6 is 22.9 Å². The van der Waals surface area contributed by atoms with Crippen LogP contribution in [0.4, 0.5) is 8.78 Å². The monoisotopic (exact) mass is 481 g/mol. The van der Waals surface area contributed by atoms with Crippen molar-refractivity contribution in [2.45, 2.75) is 29.7 Å². The van der Waals surface area contributed by atoms with Gasteiger partial charge >= 0.3 is 0 Å². The SMILES string of the molecule is N#CC1(NS(=O)(=O)c2ccc3c4c(Cl)ncnc4n(-c4nnc(C(F)F)s4)c3c2)CC1. The van der Waals surface area contributed by atoms with Crippen LogP contribution in [0.25, 0.3) is 27.1 Å². The van der Waals surface area contributed by atoms with Crippen LogP contribution in [0, 0.1) is 11.3 Å². The summed E-state index contributed by atoms with van der Waals surface area (Å²) >= 11 is 6.90. The van der Waals surface area contributed by atoms with Gasteiger partial charge in [0.2, 0.25) is 15.2 Å². The van der Waals surface area contributed by atoms with Crippen molar-refractivity contribution in [1.82, 2.24) is 29.5 Å². The van der Waals surface area contributed by atoms with Gasteiger partial charge in [-0.2, -0.15) is 9.98 Å². The molecule has 0 saturated heterocycles. The minimum Gasteiger partial charge on any atom is -0.268 e. The van der Waals surface area contributed by atoms with Crippen molar-refractivity contribution in [1.29, 1.82) is 5.26 Å². The third-order valence-corrected chi connectivity index (χ3v) is 7.62. The fraction of sp³-hybridized carbons (Fsp3) is 0.235. The van der Waals surface area contributed by atoms with Crippen molar-refractivity contribution >= 4 is 54.9 Å². The molecular weight excluding hydrogens is 472 g/mol. The second-order valence-corrected chi connectivity index (χ2v) is 9.93. The maximum Gasteiger partial charge on any atom is 0.291 e. The molecule has 31 heavy (non-hydrogen) atoms. The Morgan fingerprint density at radius 1 is 1.29 bits per heavy atom. The third-order valence-electron chi connectivity index (χ3n) is 4.88. The van der Waals surface area contributed by atoms with Crippen molar-refractivity contribution in [3.8, 4) is 11.2 Å². The molecule has 14 heteroatoms. The maximum atomic E-state index is 13.1. The minimum atomic E-state index is -4.02. The molecule has 1 fully saturated rings. The lowest BCUT2D eigenvalue weighted by Gasteiger charge is -2.10. The van der Waals surface area contributed by atoms with Gasteiger partial charge in [-0.3, -0.25) is 4.57 Å². The molecule has 1 aliphatic rings. The van der Waals surface area contributed by atoms with Gasteiger partial charge in [0.15, 0.2) is 10.7 Å². The molecule has 0 unspecified atom stereocenters. The quantitative estimate of drug-likeness (QED) is 0.433. The summed E-state index contributed by atoms with van der Waals surface area (Å²) in [6, 6.07) is 6.23. The van der Waals surface area contributed by atoms with Crippen LogP contribution in [-0.2, 0) is 10.0 Å². The van der Waals surface area contributed by atoms with E-state index < -0.39 is 27.0 Å². The Labute approximate surface area is 182 Å². The van der Waals surface area contributed by atoms with E-state index in [1.165, 1.54) is 29.1 Å². The van der Waals surface area contributed by atoms with Crippen molar-refractivity contribution in [3.63, 3.8) is 0 Å². The molecule has 0 atom stereocenters. The number of fused-ring (bicyclic) bond motifs is 3. The van der Waals surface area contributed by atoms with Gasteiger partial charge < -0.3 is 0 Å². The summed E-state index contributed by atoms with van der Waals surface area (Å²) in [7, 11) is -4.02. The molecule has 0 amide bonds. The fourth-order valence-electron chi connectivity index (χ4n) is 3.22. The summed E-state index contributed by atoms with van der Waals surface area (Å²) in [6.45, 7) is 0. The highest BCUT2D eigenvalue weighted by atomic mass is 35.5. The molecule has 158 valence electrons. The van der Waals surface area contributed by atoms with Gasteiger partial charge in [0.1, 0.15) is 17.0 Å². The first-order valence-electron chi connectivity index (χ1n) is 8.76. The van der Waals surface area contributed by atoms with Crippen LogP contribution in [0.1, 0.15) is 24.3 Å². The number of halogens is 3. The molecule has 1 saturated carbocycles. The number of benzene rings is 1. The van der Waals surface area contributed by atoms with Gasteiger partial charge in [-0.1, -0.05) is 29.0 Å². The molecule has 5 rings (SSSR count). The maximum absolute atomic E-state index is 13.1. The van der Waals surface area contributed by atoms with Crippen LogP contribution in [0.15, 0.2) is 29.4 Å². The van der Waals surface area contributed by atoms with Gasteiger partial charge in [0.05, 0.1) is 21.9 Å². The Kier molecular flexibility index (Phi) is 4.45. The van der Waals surface area contributed by atoms with Crippen LogP contribution < -0.4 is 4.72 Å². The van der Waals surface area contributed by atoms with Gasteiger partial charge in [0, 0.05) is 5.39 Å². The van der Waals surface area contributed by atoms with E-state index in [0.29, 0.717) is 40.5 Å². The summed E-state index contributed by atoms with van der Waals surface area (Å²) < 4.78 is 55.7. The van der Waals surface area contributed by atoms with E-state index in [1.807, 2.05) is 6.07 Å². The van der Waals surface area contributed by atoms with E-state index in [9.17, 15) is 22.5 Å². The predicted molar refractivity (Wildman–Crippen MR) is 108 cm³/mol. The Hall–Kier alpha value is -2.79. The predicted octanol–water partition coefficient (Wildman–Crippen LogP) is 3.35. The molecule has 4 aromatic rings. The highest BCUT2D eigenvalue weighted by molar-refractivity contribution is 7.89. The molecule has 3 heterocycles. The van der Waals surface area contributed by atoms with E-state index in [0.717, 1.165) is 0 Å². The molecule has 0 aliphatic heterocycles. The number of nitriles is 1. The zero-order valence-electron chi connectivity index (χ0n) is 15.3. The lowest BCUT2D eigenvalue weighted by molar-refractivity contribution is 0.150. The molecule has 1 aliphatic carbocycles. The van der Waals surface area contributed by atoms with Crippen molar-refractivity contribution in [2.75, 3.05) is 0 Å². The average molecular weight is 482 g/mol. The molecule has 0 bridgehead atoms. The zero-order chi connectivity index (χ0) is 22.0. The van der Waals surface area contributed by atoms with Crippen LogP contribution in [0.2, 0.25) is 5.15 Å². The number of hydrogen-bond donors (Lipinski definition) is 1. The lowest BCUT2D eigenvalue weighted by Crippen LogP contribution is -2.35. The summed E-state index contributed by atoms with van der Waals surface area (Å²) in [5.74, 6) is 0. The van der Waals surface area contributed by atoms with Crippen molar-refractivity contribution in [2.24, 2.45) is 0 Å². The Bertz CT molecular complexity index is 1510. The second-order valence-electron chi connectivity index (χ2n) is 6.90. The number of nitrogens with zero attached hydrogens (tertiary/aromatic N) is 6. The third kappa shape index (κ3) is 3.23. The number of alkyl halides is 2. The summed E-state index contributed by atoms with van der Waals surface area (Å²) in [4.78, 5) is 8.05.